The first kappa shape index (κ1) is 10.2. The fourth-order valence-corrected chi connectivity index (χ4v) is 1.06. The molecule has 0 bridgehead atoms. The molecule has 0 unspecified atom stereocenters. The van der Waals surface area contributed by atoms with Gasteiger partial charge in [-0.1, -0.05) is 12.1 Å². The van der Waals surface area contributed by atoms with Gasteiger partial charge in [-0.15, -0.1) is 0 Å². The highest BCUT2D eigenvalue weighted by Crippen LogP contribution is 2.10. The van der Waals surface area contributed by atoms with E-state index in [9.17, 15) is 9.59 Å². The minimum absolute atomic E-state index is 0.210. The van der Waals surface area contributed by atoms with Crippen molar-refractivity contribution >= 4 is 11.9 Å². The molecule has 14 heavy (non-hydrogen) atoms. The molecule has 4 heteroatoms. The standard InChI is InChI=1S/C10H10O4/c1-13-9(11)7-5-3-4-6-8(7)10(12)14-2/h3-6H,1-2H3/i9+1,10+1. The van der Waals surface area contributed by atoms with E-state index in [1.54, 1.807) is 12.1 Å². The Morgan fingerprint density at radius 3 is 1.57 bits per heavy atom. The summed E-state index contributed by atoms with van der Waals surface area (Å²) in [4.78, 5) is 22.4. The summed E-state index contributed by atoms with van der Waals surface area (Å²) in [5.74, 6) is -1.10. The van der Waals surface area contributed by atoms with Crippen molar-refractivity contribution in [3.05, 3.63) is 35.4 Å². The summed E-state index contributed by atoms with van der Waals surface area (Å²) in [6, 6.07) is 6.33. The van der Waals surface area contributed by atoms with E-state index >= 15 is 0 Å². The number of carbonyl (C=O) groups excluding carboxylic acids is 2. The predicted octanol–water partition coefficient (Wildman–Crippen LogP) is 1.26. The van der Waals surface area contributed by atoms with Gasteiger partial charge in [0, 0.05) is 0 Å². The lowest BCUT2D eigenvalue weighted by Gasteiger charge is -2.04. The van der Waals surface area contributed by atoms with Crippen molar-refractivity contribution in [2.75, 3.05) is 14.2 Å². The van der Waals surface area contributed by atoms with Gasteiger partial charge in [0.25, 0.3) is 0 Å². The van der Waals surface area contributed by atoms with Crippen LogP contribution in [0, 0.1) is 0 Å². The maximum atomic E-state index is 11.2. The zero-order chi connectivity index (χ0) is 10.6. The van der Waals surface area contributed by atoms with Gasteiger partial charge in [0.2, 0.25) is 0 Å². The van der Waals surface area contributed by atoms with Crippen LogP contribution in [0.15, 0.2) is 24.3 Å². The number of methoxy groups -OCH3 is 2. The molecule has 0 aliphatic heterocycles. The smallest absolute Gasteiger partial charge is 0.338 e. The molecule has 0 heterocycles. The Morgan fingerprint density at radius 2 is 1.29 bits per heavy atom. The summed E-state index contributed by atoms with van der Waals surface area (Å²) in [5.41, 5.74) is 0.420. The molecule has 0 amide bonds. The number of benzene rings is 1. The SMILES string of the molecule is CO[13C](=O)c1ccccc1[13C](=O)OC. The van der Waals surface area contributed by atoms with Gasteiger partial charge < -0.3 is 9.47 Å². The summed E-state index contributed by atoms with van der Waals surface area (Å²) < 4.78 is 9.05. The summed E-state index contributed by atoms with van der Waals surface area (Å²) in [5, 5.41) is 0. The lowest BCUT2D eigenvalue weighted by Crippen LogP contribution is -2.11. The molecular formula is C10H10O4. The maximum absolute atomic E-state index is 11.2. The summed E-state index contributed by atoms with van der Waals surface area (Å²) in [6.45, 7) is 0. The van der Waals surface area contributed by atoms with Crippen molar-refractivity contribution in [1.82, 2.24) is 0 Å². The fraction of sp³-hybridized carbons (Fsp3) is 0.200. The van der Waals surface area contributed by atoms with Crippen LogP contribution >= 0.6 is 0 Å². The van der Waals surface area contributed by atoms with E-state index in [4.69, 9.17) is 0 Å². The quantitative estimate of drug-likeness (QED) is 0.527. The fourth-order valence-electron chi connectivity index (χ4n) is 1.06. The van der Waals surface area contributed by atoms with Crippen molar-refractivity contribution < 1.29 is 19.1 Å². The van der Waals surface area contributed by atoms with E-state index < -0.39 is 11.9 Å². The van der Waals surface area contributed by atoms with E-state index in [1.165, 1.54) is 26.4 Å². The second kappa shape index (κ2) is 4.41. The van der Waals surface area contributed by atoms with Crippen LogP contribution in [0.5, 0.6) is 0 Å². The Morgan fingerprint density at radius 1 is 0.929 bits per heavy atom. The highest BCUT2D eigenvalue weighted by atomic mass is 16.6. The van der Waals surface area contributed by atoms with Crippen molar-refractivity contribution in [2.45, 2.75) is 0 Å². The van der Waals surface area contributed by atoms with Crippen LogP contribution < -0.4 is 0 Å². The highest BCUT2D eigenvalue weighted by Gasteiger charge is 2.16. The first-order chi connectivity index (χ1) is 6.70. The molecule has 1 aromatic carbocycles. The van der Waals surface area contributed by atoms with Gasteiger partial charge in [-0.05, 0) is 12.1 Å². The Kier molecular flexibility index (Phi) is 3.23. The predicted molar refractivity (Wildman–Crippen MR) is 49.1 cm³/mol. The Hall–Kier alpha value is -1.84. The zero-order valence-corrected chi connectivity index (χ0v) is 7.94. The zero-order valence-electron chi connectivity index (χ0n) is 7.94. The molecule has 4 nitrogen and oxygen atoms in total. The van der Waals surface area contributed by atoms with Crippen molar-refractivity contribution in [2.24, 2.45) is 0 Å². The lowest BCUT2D eigenvalue weighted by atomic mass is 10.2. The van der Waals surface area contributed by atoms with Gasteiger partial charge in [0.15, 0.2) is 0 Å². The number of ether oxygens (including phenoxy) is 2. The lowest BCUT2D eigenvalue weighted by molar-refractivity contribution is 0.0555. The van der Waals surface area contributed by atoms with Crippen LogP contribution in [-0.2, 0) is 9.47 Å². The Balaban J connectivity index is 3.15. The summed E-state index contributed by atoms with van der Waals surface area (Å²) in [7, 11) is 2.52. The normalized spacial score (nSPS) is 9.29. The van der Waals surface area contributed by atoms with E-state index in [0.29, 0.717) is 0 Å². The van der Waals surface area contributed by atoms with E-state index in [2.05, 4.69) is 9.47 Å². The monoisotopic (exact) mass is 196 g/mol. The minimum Gasteiger partial charge on any atom is -0.465 e. The van der Waals surface area contributed by atoms with Crippen LogP contribution in [0.4, 0.5) is 0 Å². The Bertz CT molecular complexity index is 322. The molecule has 0 aromatic heterocycles. The van der Waals surface area contributed by atoms with E-state index in [1.807, 2.05) is 0 Å². The first-order valence-corrected chi connectivity index (χ1v) is 3.96. The molecule has 0 N–H and O–H groups in total. The maximum Gasteiger partial charge on any atom is 0.338 e. The molecule has 0 atom stereocenters. The van der Waals surface area contributed by atoms with Crippen molar-refractivity contribution in [3.63, 3.8) is 0 Å². The van der Waals surface area contributed by atoms with Crippen LogP contribution in [-0.4, -0.2) is 26.2 Å². The third kappa shape index (κ3) is 1.90. The molecule has 0 saturated carbocycles. The molecule has 0 saturated heterocycles. The highest BCUT2D eigenvalue weighted by molar-refractivity contribution is 6.02. The average molecular weight is 196 g/mol. The molecule has 1 rings (SSSR count). The van der Waals surface area contributed by atoms with Gasteiger partial charge in [-0.2, -0.15) is 0 Å². The molecule has 0 spiro atoms. The molecule has 0 aliphatic rings. The molecule has 0 aliphatic carbocycles. The first-order valence-electron chi connectivity index (χ1n) is 3.96. The molecule has 0 radical (unpaired) electrons. The largest absolute Gasteiger partial charge is 0.465 e. The third-order valence-corrected chi connectivity index (χ3v) is 1.74. The van der Waals surface area contributed by atoms with Crippen molar-refractivity contribution in [1.29, 1.82) is 0 Å². The van der Waals surface area contributed by atoms with Gasteiger partial charge >= 0.3 is 11.9 Å². The van der Waals surface area contributed by atoms with Crippen LogP contribution in [0.25, 0.3) is 0 Å². The molecule has 1 aromatic rings. The average Bonchev–Trinajstić information content (AvgIpc) is 2.27. The summed E-state index contributed by atoms with van der Waals surface area (Å²) in [6.07, 6.45) is 0. The van der Waals surface area contributed by atoms with E-state index in [-0.39, 0.29) is 11.1 Å². The number of carbonyl (C=O) groups is 2. The van der Waals surface area contributed by atoms with Crippen LogP contribution in [0.2, 0.25) is 0 Å². The third-order valence-electron chi connectivity index (χ3n) is 1.74. The van der Waals surface area contributed by atoms with Gasteiger partial charge in [-0.3, -0.25) is 0 Å². The minimum atomic E-state index is -0.550. The topological polar surface area (TPSA) is 52.6 Å². The van der Waals surface area contributed by atoms with Crippen LogP contribution in [0.3, 0.4) is 0 Å². The second-order valence-corrected chi connectivity index (χ2v) is 2.53. The Labute approximate surface area is 81.4 Å². The van der Waals surface area contributed by atoms with Crippen LogP contribution in [0.1, 0.15) is 20.7 Å². The number of hydrogen-bond donors (Lipinski definition) is 0. The van der Waals surface area contributed by atoms with E-state index in [0.717, 1.165) is 0 Å². The number of rotatable bonds is 2. The van der Waals surface area contributed by atoms with Gasteiger partial charge in [-0.25, -0.2) is 9.59 Å². The molecule has 0 fully saturated rings. The number of esters is 2. The van der Waals surface area contributed by atoms with Gasteiger partial charge in [0.1, 0.15) is 0 Å². The number of hydrogen-bond acceptors (Lipinski definition) is 4. The summed E-state index contributed by atoms with van der Waals surface area (Å²) >= 11 is 0. The van der Waals surface area contributed by atoms with Crippen molar-refractivity contribution in [3.8, 4) is 0 Å². The second-order valence-electron chi connectivity index (χ2n) is 2.53. The van der Waals surface area contributed by atoms with Gasteiger partial charge in [0.05, 0.1) is 25.3 Å². The molecule has 74 valence electrons. The molecular weight excluding hydrogens is 186 g/mol.